The lowest BCUT2D eigenvalue weighted by Gasteiger charge is -2.07. The molecule has 1 aromatic carbocycles. The quantitative estimate of drug-likeness (QED) is 0.615. The number of hydrogen-bond acceptors (Lipinski definition) is 3. The van der Waals surface area contributed by atoms with Gasteiger partial charge in [-0.15, -0.1) is 0 Å². The Kier molecular flexibility index (Phi) is 2.60. The summed E-state index contributed by atoms with van der Waals surface area (Å²) in [4.78, 5) is 4.09. The summed E-state index contributed by atoms with van der Waals surface area (Å²) in [6.07, 6.45) is 1.66. The Balaban J connectivity index is 2.58. The highest BCUT2D eigenvalue weighted by Crippen LogP contribution is 2.33. The number of rotatable bonds is 1. The van der Waals surface area contributed by atoms with Gasteiger partial charge in [0.2, 0.25) is 0 Å². The minimum absolute atomic E-state index is 0.166. The highest BCUT2D eigenvalue weighted by Gasteiger charge is 2.07. The third-order valence-corrected chi connectivity index (χ3v) is 2.56. The van der Waals surface area contributed by atoms with Gasteiger partial charge in [0.05, 0.1) is 0 Å². The molecule has 0 aliphatic heterocycles. The van der Waals surface area contributed by atoms with E-state index in [1.54, 1.807) is 30.5 Å². The number of nitrogens with two attached hydrogens (primary N) is 1. The fourth-order valence-corrected chi connectivity index (χ4v) is 1.63. The zero-order valence-electron chi connectivity index (χ0n) is 7.81. The van der Waals surface area contributed by atoms with E-state index >= 15 is 0 Å². The average molecular weight is 265 g/mol. The monoisotopic (exact) mass is 264 g/mol. The van der Waals surface area contributed by atoms with Gasteiger partial charge in [-0.3, -0.25) is 0 Å². The molecule has 0 saturated heterocycles. The largest absolute Gasteiger partial charge is 0.507 e. The number of pyridine rings is 1. The van der Waals surface area contributed by atoms with Gasteiger partial charge in [-0.2, -0.15) is 0 Å². The molecule has 2 rings (SSSR count). The van der Waals surface area contributed by atoms with Gasteiger partial charge in [-0.25, -0.2) is 4.98 Å². The fraction of sp³-hybridized carbons (Fsp3) is 0. The summed E-state index contributed by atoms with van der Waals surface area (Å²) >= 11 is 3.25. The second kappa shape index (κ2) is 3.90. The molecule has 0 atom stereocenters. The minimum atomic E-state index is 0.166. The van der Waals surface area contributed by atoms with E-state index in [-0.39, 0.29) is 5.75 Å². The van der Waals surface area contributed by atoms with Crippen LogP contribution >= 0.6 is 15.9 Å². The molecular weight excluding hydrogens is 256 g/mol. The molecule has 1 aromatic heterocycles. The number of phenols is 1. The number of hydrogen-bond donors (Lipinski definition) is 2. The van der Waals surface area contributed by atoms with Crippen LogP contribution in [0.3, 0.4) is 0 Å². The van der Waals surface area contributed by atoms with E-state index in [0.717, 1.165) is 10.2 Å². The Morgan fingerprint density at radius 1 is 1.20 bits per heavy atom. The molecular formula is C11H9BrN2O. The van der Waals surface area contributed by atoms with Crippen molar-refractivity contribution in [1.29, 1.82) is 0 Å². The van der Waals surface area contributed by atoms with Crippen molar-refractivity contribution in [2.24, 2.45) is 0 Å². The molecule has 1 heterocycles. The predicted octanol–water partition coefficient (Wildman–Crippen LogP) is 2.80. The number of benzene rings is 1. The summed E-state index contributed by atoms with van der Waals surface area (Å²) in [7, 11) is 0. The first-order valence-corrected chi connectivity index (χ1v) is 5.17. The number of nitrogens with zero attached hydrogens (tertiary/aromatic N) is 1. The fourth-order valence-electron chi connectivity index (χ4n) is 1.40. The van der Waals surface area contributed by atoms with Crippen LogP contribution < -0.4 is 5.73 Å². The van der Waals surface area contributed by atoms with E-state index in [0.29, 0.717) is 11.3 Å². The number of aromatic nitrogens is 1. The van der Waals surface area contributed by atoms with E-state index in [4.69, 9.17) is 5.73 Å². The summed E-state index contributed by atoms with van der Waals surface area (Å²) in [6.45, 7) is 0. The van der Waals surface area contributed by atoms with Crippen molar-refractivity contribution >= 4 is 21.6 Å². The zero-order chi connectivity index (χ0) is 10.8. The van der Waals surface area contributed by atoms with Crippen molar-refractivity contribution in [2.45, 2.75) is 0 Å². The van der Waals surface area contributed by atoms with Gasteiger partial charge in [-0.1, -0.05) is 6.07 Å². The van der Waals surface area contributed by atoms with Gasteiger partial charge in [0.1, 0.15) is 10.4 Å². The Morgan fingerprint density at radius 2 is 2.00 bits per heavy atom. The number of anilines is 1. The number of halogens is 1. The third kappa shape index (κ3) is 1.94. The molecule has 0 aliphatic carbocycles. The predicted molar refractivity (Wildman–Crippen MR) is 63.5 cm³/mol. The smallest absolute Gasteiger partial charge is 0.125 e. The van der Waals surface area contributed by atoms with Crippen molar-refractivity contribution in [3.8, 4) is 16.9 Å². The van der Waals surface area contributed by atoms with Gasteiger partial charge in [0, 0.05) is 23.0 Å². The zero-order valence-corrected chi connectivity index (χ0v) is 9.40. The van der Waals surface area contributed by atoms with E-state index < -0.39 is 0 Å². The van der Waals surface area contributed by atoms with Crippen molar-refractivity contribution in [2.75, 3.05) is 5.73 Å². The van der Waals surface area contributed by atoms with Gasteiger partial charge in [0.25, 0.3) is 0 Å². The maximum absolute atomic E-state index is 9.69. The van der Waals surface area contributed by atoms with Crippen LogP contribution in [0.5, 0.6) is 5.75 Å². The SMILES string of the molecule is Nc1cccc(O)c1-c1ccc(Br)nc1. The molecule has 0 aliphatic rings. The second-order valence-electron chi connectivity index (χ2n) is 3.11. The maximum atomic E-state index is 9.69. The molecule has 0 amide bonds. The topological polar surface area (TPSA) is 59.1 Å². The molecule has 0 spiro atoms. The van der Waals surface area contributed by atoms with Crippen molar-refractivity contribution in [3.05, 3.63) is 41.1 Å². The van der Waals surface area contributed by atoms with E-state index in [9.17, 15) is 5.11 Å². The number of nitrogen functional groups attached to an aromatic ring is 1. The molecule has 3 N–H and O–H groups in total. The summed E-state index contributed by atoms with van der Waals surface area (Å²) in [5, 5.41) is 9.69. The van der Waals surface area contributed by atoms with Crippen LogP contribution in [0.2, 0.25) is 0 Å². The molecule has 4 heteroatoms. The van der Waals surface area contributed by atoms with Crippen LogP contribution in [-0.4, -0.2) is 10.1 Å². The van der Waals surface area contributed by atoms with E-state index in [1.807, 2.05) is 6.07 Å². The Bertz CT molecular complexity index is 462. The highest BCUT2D eigenvalue weighted by atomic mass is 79.9. The molecule has 0 radical (unpaired) electrons. The van der Waals surface area contributed by atoms with Crippen molar-refractivity contribution in [1.82, 2.24) is 4.98 Å². The Morgan fingerprint density at radius 3 is 2.60 bits per heavy atom. The van der Waals surface area contributed by atoms with Gasteiger partial charge in [0.15, 0.2) is 0 Å². The standard InChI is InChI=1S/C11H9BrN2O/c12-10-5-4-7(6-14-10)11-8(13)2-1-3-9(11)15/h1-6,15H,13H2. The van der Waals surface area contributed by atoms with Crippen LogP contribution in [0.15, 0.2) is 41.1 Å². The van der Waals surface area contributed by atoms with E-state index in [2.05, 4.69) is 20.9 Å². The molecule has 76 valence electrons. The molecule has 0 unspecified atom stereocenters. The maximum Gasteiger partial charge on any atom is 0.125 e. The van der Waals surface area contributed by atoms with E-state index in [1.165, 1.54) is 0 Å². The molecule has 3 nitrogen and oxygen atoms in total. The van der Waals surface area contributed by atoms with Crippen molar-refractivity contribution < 1.29 is 5.11 Å². The van der Waals surface area contributed by atoms with Crippen LogP contribution in [-0.2, 0) is 0 Å². The number of phenolic OH excluding ortho intramolecular Hbond substituents is 1. The normalized spacial score (nSPS) is 10.2. The first-order valence-electron chi connectivity index (χ1n) is 4.38. The summed E-state index contributed by atoms with van der Waals surface area (Å²) < 4.78 is 0.750. The van der Waals surface area contributed by atoms with Crippen LogP contribution in [0.1, 0.15) is 0 Å². The Labute approximate surface area is 95.7 Å². The van der Waals surface area contributed by atoms with Gasteiger partial charge in [-0.05, 0) is 40.2 Å². The first kappa shape index (κ1) is 9.98. The van der Waals surface area contributed by atoms with Gasteiger partial charge < -0.3 is 10.8 Å². The van der Waals surface area contributed by atoms with Crippen molar-refractivity contribution in [3.63, 3.8) is 0 Å². The molecule has 2 aromatic rings. The summed E-state index contributed by atoms with van der Waals surface area (Å²) in [6, 6.07) is 8.72. The molecule has 0 bridgehead atoms. The third-order valence-electron chi connectivity index (χ3n) is 2.09. The summed E-state index contributed by atoms with van der Waals surface area (Å²) in [5.74, 6) is 0.166. The lowest BCUT2D eigenvalue weighted by molar-refractivity contribution is 0.477. The lowest BCUT2D eigenvalue weighted by atomic mass is 10.0. The first-order chi connectivity index (χ1) is 7.18. The summed E-state index contributed by atoms with van der Waals surface area (Å²) in [5.41, 5.74) is 7.76. The van der Waals surface area contributed by atoms with Gasteiger partial charge >= 0.3 is 0 Å². The van der Waals surface area contributed by atoms with Crippen LogP contribution in [0, 0.1) is 0 Å². The molecule has 0 fully saturated rings. The van der Waals surface area contributed by atoms with Crippen LogP contribution in [0.25, 0.3) is 11.1 Å². The lowest BCUT2D eigenvalue weighted by Crippen LogP contribution is -1.90. The highest BCUT2D eigenvalue weighted by molar-refractivity contribution is 9.10. The molecule has 15 heavy (non-hydrogen) atoms. The molecule has 0 saturated carbocycles. The minimum Gasteiger partial charge on any atom is -0.507 e. The Hall–Kier alpha value is -1.55. The van der Waals surface area contributed by atoms with Crippen LogP contribution in [0.4, 0.5) is 5.69 Å². The average Bonchev–Trinajstić information content (AvgIpc) is 2.20. The second-order valence-corrected chi connectivity index (χ2v) is 3.92. The number of aromatic hydroxyl groups is 1.